The number of unbranched alkanes of at least 4 members (excludes halogenated alkanes) is 18. The Balaban J connectivity index is 0.947. The van der Waals surface area contributed by atoms with E-state index in [1.807, 2.05) is 36.4 Å². The Hall–Kier alpha value is -6.68. The normalized spacial score (nSPS) is 12.5. The number of benzene rings is 7. The van der Waals surface area contributed by atoms with Crippen LogP contribution in [0.4, 0.5) is 11.4 Å². The van der Waals surface area contributed by atoms with Gasteiger partial charge in [-0.15, -0.1) is 0 Å². The highest BCUT2D eigenvalue weighted by Crippen LogP contribution is 2.46. The molecule has 0 radical (unpaired) electrons. The zero-order chi connectivity index (χ0) is 48.0. The Morgan fingerprint density at radius 1 is 0.457 bits per heavy atom. The van der Waals surface area contributed by atoms with Gasteiger partial charge in [0.2, 0.25) is 0 Å². The lowest BCUT2D eigenvalue weighted by Gasteiger charge is -2.18. The molecule has 11 aromatic rings. The van der Waals surface area contributed by atoms with Crippen molar-refractivity contribution in [2.75, 3.05) is 5.73 Å². The first-order chi connectivity index (χ1) is 34.3. The topological polar surface area (TPSA) is 138 Å². The monoisotopic (exact) mass is 932 g/mol. The lowest BCUT2D eigenvalue weighted by atomic mass is 9.86. The summed E-state index contributed by atoms with van der Waals surface area (Å²) in [4.78, 5) is 51.8. The average molecular weight is 933 g/mol. The fraction of sp³-hybridized carbons (Fsp3) is 0.400. The van der Waals surface area contributed by atoms with Crippen molar-refractivity contribution >= 4 is 109 Å². The number of nitrogens with two attached hydrogens (primary N) is 1. The molecule has 358 valence electrons. The van der Waals surface area contributed by atoms with Crippen molar-refractivity contribution in [3.63, 3.8) is 0 Å². The van der Waals surface area contributed by atoms with Gasteiger partial charge < -0.3 is 5.73 Å². The first kappa shape index (κ1) is 45.7. The Kier molecular flexibility index (Phi) is 12.6. The van der Waals surface area contributed by atoms with E-state index in [0.29, 0.717) is 50.6 Å². The van der Waals surface area contributed by atoms with Crippen LogP contribution in [0.5, 0.6) is 0 Å². The minimum absolute atomic E-state index is 0.0557. The summed E-state index contributed by atoms with van der Waals surface area (Å²) in [5.74, 6) is 0. The molecule has 0 unspecified atom stereocenters. The number of rotatable bonds is 23. The molecular weight excluding hydrogens is 869 g/mol. The SMILES string of the molecule is CCCCCCCCCCCCc1cc2c(cc1N)nc1c3ccc4c5ccc6c(=O)n7c8cc(CCCCCCCCCCCC)c([N+](=O)[O-])cc8nc7c7ccc(c8ccc(c(=O)n21)c3c48)c5c67. The molecule has 2 N–H and O–H groups in total. The number of nitrogen functional groups attached to an aromatic ring is 1. The standard InChI is InChI=1S/C60H64N6O4/c1-3-5-7-9-11-13-15-17-19-21-23-37-33-51-48(35-47(37)61)62-57-43-29-25-39-42-28-32-46-56-44(30-26-40(54(42)56)41-27-31-45(55(43)53(39)41)59(67)64(51)57)58-63-49-36-50(66(69)70)38(34-52(49)65(58)60(46)68)24-22-20-18-16-14-12-10-8-6-4-2/h25-36H,3-24,61H2,1-2H3. The van der Waals surface area contributed by atoms with E-state index in [-0.39, 0.29) is 21.7 Å². The van der Waals surface area contributed by atoms with Gasteiger partial charge in [-0.2, -0.15) is 0 Å². The van der Waals surface area contributed by atoms with Crippen molar-refractivity contribution in [3.05, 3.63) is 115 Å². The second-order valence-corrected chi connectivity index (χ2v) is 20.4. The lowest BCUT2D eigenvalue weighted by Crippen LogP contribution is -2.14. The molecule has 10 heteroatoms. The molecule has 0 saturated heterocycles. The minimum Gasteiger partial charge on any atom is -0.398 e. The molecule has 0 saturated carbocycles. The van der Waals surface area contributed by atoms with Gasteiger partial charge in [0.05, 0.1) is 27.0 Å². The van der Waals surface area contributed by atoms with Crippen LogP contribution in [0.25, 0.3) is 98.0 Å². The predicted molar refractivity (Wildman–Crippen MR) is 292 cm³/mol. The van der Waals surface area contributed by atoms with E-state index in [9.17, 15) is 19.7 Å². The molecule has 4 heterocycles. The third kappa shape index (κ3) is 7.78. The second-order valence-electron chi connectivity index (χ2n) is 20.4. The summed E-state index contributed by atoms with van der Waals surface area (Å²) in [5, 5.41) is 23.0. The highest BCUT2D eigenvalue weighted by Gasteiger charge is 2.26. The van der Waals surface area contributed by atoms with Crippen molar-refractivity contribution in [1.29, 1.82) is 0 Å². The molecule has 0 fully saturated rings. The summed E-state index contributed by atoms with van der Waals surface area (Å²) in [6.07, 6.45) is 26.0. The van der Waals surface area contributed by atoms with E-state index in [0.717, 1.165) is 103 Å². The van der Waals surface area contributed by atoms with E-state index in [4.69, 9.17) is 15.7 Å². The van der Waals surface area contributed by atoms with E-state index < -0.39 is 0 Å². The van der Waals surface area contributed by atoms with E-state index in [1.54, 1.807) is 14.9 Å². The number of hydrogen-bond donors (Lipinski definition) is 1. The Bertz CT molecular complexity index is 3850. The van der Waals surface area contributed by atoms with E-state index in [2.05, 4.69) is 44.2 Å². The minimum atomic E-state index is -0.311. The fourth-order valence-corrected chi connectivity index (χ4v) is 12.2. The molecule has 0 amide bonds. The number of pyridine rings is 2. The zero-order valence-electron chi connectivity index (χ0n) is 40.9. The highest BCUT2D eigenvalue weighted by molar-refractivity contribution is 6.40. The van der Waals surface area contributed by atoms with Gasteiger partial charge in [0, 0.05) is 49.6 Å². The first-order valence-electron chi connectivity index (χ1n) is 26.6. The third-order valence-electron chi connectivity index (χ3n) is 15.8. The first-order valence-corrected chi connectivity index (χ1v) is 26.6. The van der Waals surface area contributed by atoms with Crippen LogP contribution in [-0.4, -0.2) is 23.7 Å². The van der Waals surface area contributed by atoms with Crippen molar-refractivity contribution in [2.45, 2.75) is 155 Å². The van der Waals surface area contributed by atoms with Crippen molar-refractivity contribution < 1.29 is 4.92 Å². The van der Waals surface area contributed by atoms with Crippen LogP contribution in [0.1, 0.15) is 153 Å². The van der Waals surface area contributed by atoms with Crippen LogP contribution in [0.3, 0.4) is 0 Å². The number of hydrogen-bond acceptors (Lipinski definition) is 7. The summed E-state index contributed by atoms with van der Waals surface area (Å²) in [7, 11) is 0. The molecule has 0 bridgehead atoms. The molecule has 0 atom stereocenters. The Labute approximate surface area is 407 Å². The summed E-state index contributed by atoms with van der Waals surface area (Å²) in [6.45, 7) is 4.50. The number of anilines is 1. The lowest BCUT2D eigenvalue weighted by molar-refractivity contribution is -0.385. The zero-order valence-corrected chi connectivity index (χ0v) is 40.9. The molecule has 10 nitrogen and oxygen atoms in total. The number of imidazole rings is 2. The molecule has 7 aromatic carbocycles. The van der Waals surface area contributed by atoms with Gasteiger partial charge in [0.25, 0.3) is 16.8 Å². The van der Waals surface area contributed by atoms with Gasteiger partial charge in [-0.3, -0.25) is 28.5 Å². The summed E-state index contributed by atoms with van der Waals surface area (Å²) in [6, 6.07) is 23.8. The van der Waals surface area contributed by atoms with Crippen molar-refractivity contribution in [3.8, 4) is 0 Å². The van der Waals surface area contributed by atoms with Gasteiger partial charge in [-0.05, 0) is 106 Å². The molecule has 0 aliphatic heterocycles. The Morgan fingerprint density at radius 3 is 1.23 bits per heavy atom. The summed E-state index contributed by atoms with van der Waals surface area (Å²) < 4.78 is 3.44. The fourth-order valence-electron chi connectivity index (χ4n) is 12.2. The summed E-state index contributed by atoms with van der Waals surface area (Å²) >= 11 is 0. The van der Waals surface area contributed by atoms with Crippen LogP contribution in [0, 0.1) is 10.1 Å². The maximum absolute atomic E-state index is 14.8. The van der Waals surface area contributed by atoms with Gasteiger partial charge in [-0.25, -0.2) is 9.97 Å². The molecule has 4 aromatic heterocycles. The van der Waals surface area contributed by atoms with Gasteiger partial charge in [-0.1, -0.05) is 154 Å². The second kappa shape index (κ2) is 19.3. The van der Waals surface area contributed by atoms with E-state index in [1.165, 1.54) is 103 Å². The average Bonchev–Trinajstić information content (AvgIpc) is 3.93. The number of aromatic nitrogens is 4. The van der Waals surface area contributed by atoms with Crippen LogP contribution in [0.2, 0.25) is 0 Å². The van der Waals surface area contributed by atoms with Gasteiger partial charge in [0.15, 0.2) is 0 Å². The molecule has 0 aliphatic carbocycles. The van der Waals surface area contributed by atoms with Crippen LogP contribution in [-0.2, 0) is 12.8 Å². The van der Waals surface area contributed by atoms with Crippen LogP contribution >= 0.6 is 0 Å². The third-order valence-corrected chi connectivity index (χ3v) is 15.8. The summed E-state index contributed by atoms with van der Waals surface area (Å²) in [5.41, 5.74) is 12.5. The molecule has 70 heavy (non-hydrogen) atoms. The van der Waals surface area contributed by atoms with Gasteiger partial charge in [0.1, 0.15) is 11.3 Å². The van der Waals surface area contributed by atoms with E-state index >= 15 is 0 Å². The number of nitro groups is 1. The van der Waals surface area contributed by atoms with Crippen LogP contribution in [0.15, 0.2) is 82.4 Å². The van der Waals surface area contributed by atoms with Crippen molar-refractivity contribution in [1.82, 2.24) is 18.8 Å². The smallest absolute Gasteiger partial charge is 0.274 e. The maximum Gasteiger partial charge on any atom is 0.274 e. The number of fused-ring (bicyclic) bond motifs is 10. The van der Waals surface area contributed by atoms with Gasteiger partial charge >= 0.3 is 0 Å². The predicted octanol–water partition coefficient (Wildman–Crippen LogP) is 15.7. The Morgan fingerprint density at radius 2 is 0.800 bits per heavy atom. The molecule has 11 rings (SSSR count). The maximum atomic E-state index is 14.8. The largest absolute Gasteiger partial charge is 0.398 e. The van der Waals surface area contributed by atoms with Crippen LogP contribution < -0.4 is 16.9 Å². The number of nitrogens with zero attached hydrogens (tertiary/aromatic N) is 5. The highest BCUT2D eigenvalue weighted by atomic mass is 16.6. The number of nitro benzene ring substituents is 1. The number of aryl methyl sites for hydroxylation is 2. The van der Waals surface area contributed by atoms with Crippen molar-refractivity contribution in [2.24, 2.45) is 0 Å². The molecule has 0 spiro atoms. The molecule has 0 aliphatic rings. The molecular formula is C60H64N6O4. The quantitative estimate of drug-likeness (QED) is 0.0168.